The molecule has 0 amide bonds. The van der Waals surface area contributed by atoms with Crippen LogP contribution in [0.25, 0.3) is 10.9 Å². The van der Waals surface area contributed by atoms with Gasteiger partial charge in [-0.3, -0.25) is 4.79 Å². The first-order valence-corrected chi connectivity index (χ1v) is 10.2. The summed E-state index contributed by atoms with van der Waals surface area (Å²) in [6, 6.07) is 13.2. The summed E-state index contributed by atoms with van der Waals surface area (Å²) in [6.07, 6.45) is 3.53. The highest BCUT2D eigenvalue weighted by Gasteiger charge is 2.15. The Hall–Kier alpha value is -2.81. The number of aryl methyl sites for hydroxylation is 1. The number of hydrogen-bond donors (Lipinski definition) is 0. The Morgan fingerprint density at radius 1 is 1.20 bits per heavy atom. The van der Waals surface area contributed by atoms with E-state index < -0.39 is 0 Å². The van der Waals surface area contributed by atoms with Crippen molar-refractivity contribution in [2.24, 2.45) is 0 Å². The number of nitrogens with zero attached hydrogens (tertiary/aromatic N) is 2. The van der Waals surface area contributed by atoms with E-state index in [4.69, 9.17) is 38.0 Å². The van der Waals surface area contributed by atoms with Gasteiger partial charge in [-0.1, -0.05) is 36.2 Å². The average molecular weight is 445 g/mol. The lowest BCUT2D eigenvalue weighted by Gasteiger charge is -2.10. The number of nitriles is 1. The Kier molecular flexibility index (Phi) is 8.91. The number of carbonyl (C=O) groups excluding carboxylic acids is 2. The third-order valence-electron chi connectivity index (χ3n) is 4.61. The minimum atomic E-state index is 0.0790. The van der Waals surface area contributed by atoms with E-state index in [0.717, 1.165) is 22.9 Å². The Morgan fingerprint density at radius 3 is 2.53 bits per heavy atom. The van der Waals surface area contributed by atoms with Gasteiger partial charge in [0.25, 0.3) is 0 Å². The molecule has 2 aromatic carbocycles. The fraction of sp³-hybridized carbons (Fsp3) is 0.261. The van der Waals surface area contributed by atoms with E-state index in [-0.39, 0.29) is 12.4 Å². The first-order chi connectivity index (χ1) is 14.5. The fourth-order valence-corrected chi connectivity index (χ4v) is 3.62. The molecule has 3 rings (SSSR count). The van der Waals surface area contributed by atoms with Crippen molar-refractivity contribution in [3.05, 3.63) is 63.8 Å². The summed E-state index contributed by atoms with van der Waals surface area (Å²) in [7, 11) is 0. The van der Waals surface area contributed by atoms with E-state index in [1.54, 1.807) is 18.2 Å². The highest BCUT2D eigenvalue weighted by molar-refractivity contribution is 6.35. The molecule has 0 unspecified atom stereocenters. The number of Topliss-reactive ketones (excluding diaryl/α,β-unsaturated/α-hetero) is 1. The first kappa shape index (κ1) is 23.5. The van der Waals surface area contributed by atoms with Crippen LogP contribution in [0.2, 0.25) is 10.0 Å². The van der Waals surface area contributed by atoms with Gasteiger partial charge < -0.3 is 14.1 Å². The van der Waals surface area contributed by atoms with Crippen molar-refractivity contribution in [2.75, 3.05) is 0 Å². The van der Waals surface area contributed by atoms with Crippen LogP contribution in [0.5, 0.6) is 5.75 Å². The second kappa shape index (κ2) is 11.4. The molecule has 1 heterocycles. The number of carbonyl (C=O) groups is 2. The van der Waals surface area contributed by atoms with Crippen LogP contribution in [0.4, 0.5) is 0 Å². The van der Waals surface area contributed by atoms with Crippen molar-refractivity contribution in [1.29, 1.82) is 5.26 Å². The van der Waals surface area contributed by atoms with Crippen molar-refractivity contribution in [3.8, 4) is 11.8 Å². The number of hydrogen-bond acceptors (Lipinski definition) is 4. The molecule has 0 aliphatic carbocycles. The van der Waals surface area contributed by atoms with Crippen molar-refractivity contribution >= 4 is 46.7 Å². The normalized spacial score (nSPS) is 10.2. The van der Waals surface area contributed by atoms with E-state index in [9.17, 15) is 4.79 Å². The van der Waals surface area contributed by atoms with Gasteiger partial charge >= 0.3 is 0 Å². The molecule has 0 saturated heterocycles. The summed E-state index contributed by atoms with van der Waals surface area (Å²) in [4.78, 5) is 20.4. The van der Waals surface area contributed by atoms with Crippen LogP contribution >= 0.6 is 23.2 Å². The summed E-state index contributed by atoms with van der Waals surface area (Å²) >= 11 is 12.4. The van der Waals surface area contributed by atoms with E-state index in [1.807, 2.05) is 42.7 Å². The molecule has 0 spiro atoms. The Morgan fingerprint density at radius 2 is 1.90 bits per heavy atom. The van der Waals surface area contributed by atoms with E-state index in [2.05, 4.69) is 6.07 Å². The smallest absolute Gasteiger partial charge is 0.164 e. The van der Waals surface area contributed by atoms with E-state index in [0.29, 0.717) is 40.7 Å². The van der Waals surface area contributed by atoms with Gasteiger partial charge in [0, 0.05) is 57.7 Å². The van der Waals surface area contributed by atoms with Gasteiger partial charge in [0.2, 0.25) is 0 Å². The zero-order chi connectivity index (χ0) is 22.1. The molecule has 1 aromatic heterocycles. The number of unbranched alkanes of at least 4 members (excludes halogenated alkanes) is 1. The number of rotatable bonds is 8. The summed E-state index contributed by atoms with van der Waals surface area (Å²) in [6.45, 7) is 4.78. The molecule has 5 nitrogen and oxygen atoms in total. The van der Waals surface area contributed by atoms with Gasteiger partial charge in [0.05, 0.1) is 6.07 Å². The molecule has 0 N–H and O–H groups in total. The Labute approximate surface area is 185 Å². The molecule has 0 atom stereocenters. The number of halogens is 2. The first-order valence-electron chi connectivity index (χ1n) is 9.42. The number of ether oxygens (including phenoxy) is 1. The third kappa shape index (κ3) is 5.41. The maximum Gasteiger partial charge on any atom is 0.164 e. The predicted molar refractivity (Wildman–Crippen MR) is 119 cm³/mol. The standard InChI is InChI=1S/C22H20Cl2N2O2.CH2O/c1-2-22(27)17-13-26(11-4-3-10-25)21-9-8-15(12-16(17)21)28-14-18-19(23)6-5-7-20(18)24;1-2/h5-9,12-13H,2-4,11,14H2,1H3;1H2. The van der Waals surface area contributed by atoms with Crippen LogP contribution < -0.4 is 4.74 Å². The summed E-state index contributed by atoms with van der Waals surface area (Å²) in [5, 5.41) is 10.7. The number of fused-ring (bicyclic) bond motifs is 1. The molecule has 0 fully saturated rings. The van der Waals surface area contributed by atoms with E-state index in [1.165, 1.54) is 0 Å². The SMILES string of the molecule is C=O.CCC(=O)c1cn(CCCC#N)c2ccc(OCc3c(Cl)cccc3Cl)cc12. The molecule has 0 aliphatic rings. The lowest BCUT2D eigenvalue weighted by atomic mass is 10.1. The quantitative estimate of drug-likeness (QED) is 0.304. The molecule has 0 saturated carbocycles. The van der Waals surface area contributed by atoms with Gasteiger partial charge in [-0.25, -0.2) is 0 Å². The topological polar surface area (TPSA) is 72.1 Å². The second-order valence-electron chi connectivity index (χ2n) is 6.44. The molecule has 3 aromatic rings. The maximum absolute atomic E-state index is 12.4. The van der Waals surface area contributed by atoms with Crippen molar-refractivity contribution in [3.63, 3.8) is 0 Å². The third-order valence-corrected chi connectivity index (χ3v) is 5.31. The number of ketones is 1. The molecule has 0 radical (unpaired) electrons. The maximum atomic E-state index is 12.4. The summed E-state index contributed by atoms with van der Waals surface area (Å²) < 4.78 is 7.94. The molecule has 0 bridgehead atoms. The Bertz CT molecular complexity index is 1050. The van der Waals surface area contributed by atoms with Gasteiger partial charge in [0.1, 0.15) is 19.1 Å². The van der Waals surface area contributed by atoms with E-state index >= 15 is 0 Å². The highest BCUT2D eigenvalue weighted by Crippen LogP contribution is 2.30. The summed E-state index contributed by atoms with van der Waals surface area (Å²) in [5.74, 6) is 0.721. The fourth-order valence-electron chi connectivity index (χ4n) is 3.12. The predicted octanol–water partition coefficient (Wildman–Crippen LogP) is 6.24. The minimum Gasteiger partial charge on any atom is -0.489 e. The largest absolute Gasteiger partial charge is 0.489 e. The minimum absolute atomic E-state index is 0.0790. The summed E-state index contributed by atoms with van der Waals surface area (Å²) in [5.41, 5.74) is 2.36. The van der Waals surface area contributed by atoms with Crippen molar-refractivity contribution < 1.29 is 14.3 Å². The average Bonchev–Trinajstić information content (AvgIpc) is 3.12. The van der Waals surface area contributed by atoms with Crippen LogP contribution in [0, 0.1) is 11.3 Å². The van der Waals surface area contributed by atoms with Crippen molar-refractivity contribution in [1.82, 2.24) is 4.57 Å². The number of benzene rings is 2. The van der Waals surface area contributed by atoms with Gasteiger partial charge in [0.15, 0.2) is 5.78 Å². The molecule has 30 heavy (non-hydrogen) atoms. The lowest BCUT2D eigenvalue weighted by molar-refractivity contribution is -0.0980. The zero-order valence-electron chi connectivity index (χ0n) is 16.7. The zero-order valence-corrected chi connectivity index (χ0v) is 18.2. The molecular formula is C23H22Cl2N2O3. The molecule has 0 aliphatic heterocycles. The van der Waals surface area contributed by atoms with Crippen LogP contribution in [-0.4, -0.2) is 17.1 Å². The van der Waals surface area contributed by atoms with Crippen molar-refractivity contribution in [2.45, 2.75) is 39.3 Å². The van der Waals surface area contributed by atoms with Gasteiger partial charge in [-0.15, -0.1) is 0 Å². The van der Waals surface area contributed by atoms with Gasteiger partial charge in [-0.05, 0) is 36.8 Å². The molecule has 156 valence electrons. The van der Waals surface area contributed by atoms with Crippen LogP contribution in [0.1, 0.15) is 42.1 Å². The molecular weight excluding hydrogens is 423 g/mol. The highest BCUT2D eigenvalue weighted by atomic mass is 35.5. The molecule has 7 heteroatoms. The lowest BCUT2D eigenvalue weighted by Crippen LogP contribution is -1.98. The number of aromatic nitrogens is 1. The monoisotopic (exact) mass is 444 g/mol. The Balaban J connectivity index is 0.00000155. The van der Waals surface area contributed by atoms with Crippen LogP contribution in [-0.2, 0) is 17.9 Å². The van der Waals surface area contributed by atoms with Crippen LogP contribution in [0.3, 0.4) is 0 Å². The van der Waals surface area contributed by atoms with Crippen LogP contribution in [0.15, 0.2) is 42.6 Å². The second-order valence-corrected chi connectivity index (χ2v) is 7.26. The van der Waals surface area contributed by atoms with Gasteiger partial charge in [-0.2, -0.15) is 5.26 Å².